The number of nitrogens with zero attached hydrogens (tertiary/aromatic N) is 4. The van der Waals surface area contributed by atoms with Crippen LogP contribution < -0.4 is 21.8 Å². The molecule has 0 spiro atoms. The first-order valence-corrected chi connectivity index (χ1v) is 24.5. The molecule has 0 bridgehead atoms. The van der Waals surface area contributed by atoms with E-state index in [2.05, 4.69) is 23.3 Å². The van der Waals surface area contributed by atoms with Crippen molar-refractivity contribution >= 4 is 34.2 Å². The lowest BCUT2D eigenvalue weighted by atomic mass is 10.1. The lowest BCUT2D eigenvalue weighted by Gasteiger charge is -2.19. The van der Waals surface area contributed by atoms with E-state index in [0.717, 1.165) is 84.7 Å². The number of nitrogens with one attached hydrogen (secondary N) is 2. The van der Waals surface area contributed by atoms with Crippen molar-refractivity contribution in [3.8, 4) is 23.5 Å². The van der Waals surface area contributed by atoms with Gasteiger partial charge in [0.25, 0.3) is 17.0 Å². The third kappa shape index (κ3) is 13.4. The first kappa shape index (κ1) is 53.2. The summed E-state index contributed by atoms with van der Waals surface area (Å²) in [5.74, 6) is -0.767. The zero-order valence-electron chi connectivity index (χ0n) is 38.7. The molecule has 0 saturated heterocycles. The number of pyridine rings is 2. The average molecular weight is 1010 g/mol. The molecule has 6 aromatic rings. The van der Waals surface area contributed by atoms with Gasteiger partial charge in [0.1, 0.15) is 5.56 Å². The van der Waals surface area contributed by atoms with Crippen LogP contribution in [-0.2, 0) is 23.2 Å². The maximum atomic E-state index is 14.0. The molecule has 71 heavy (non-hydrogen) atoms. The Bertz CT molecular complexity index is 3150. The topological polar surface area (TPSA) is 150 Å². The molecule has 2 N–H and O–H groups in total. The van der Waals surface area contributed by atoms with Gasteiger partial charge in [0.05, 0.1) is 55.7 Å². The van der Waals surface area contributed by atoms with Crippen molar-refractivity contribution in [2.45, 2.75) is 97.1 Å². The normalized spacial score (nSPS) is 11.9. The van der Waals surface area contributed by atoms with Gasteiger partial charge in [0.15, 0.2) is 0 Å². The van der Waals surface area contributed by atoms with Crippen LogP contribution in [0.5, 0.6) is 0 Å². The Labute approximate surface area is 413 Å². The van der Waals surface area contributed by atoms with Crippen LogP contribution in [0.15, 0.2) is 145 Å². The average Bonchev–Trinajstić information content (AvgIpc) is 3.35. The Morgan fingerprint density at radius 2 is 1.10 bits per heavy atom. The number of aromatic nitrogens is 2. The zero-order valence-corrected chi connectivity index (χ0v) is 40.3. The molecule has 10 nitrogen and oxygen atoms in total. The molecule has 0 aliphatic heterocycles. The summed E-state index contributed by atoms with van der Waals surface area (Å²) in [6.07, 6.45) is -2.74. The van der Waals surface area contributed by atoms with Gasteiger partial charge in [-0.3, -0.25) is 23.5 Å². The Hall–Kier alpha value is -7.15. The number of rotatable bonds is 20. The molecule has 1 unspecified atom stereocenters. The highest BCUT2D eigenvalue weighted by Gasteiger charge is 2.32. The Kier molecular flexibility index (Phi) is 17.7. The molecule has 0 aliphatic rings. The van der Waals surface area contributed by atoms with Gasteiger partial charge in [-0.2, -0.15) is 36.9 Å². The molecule has 1 atom stereocenters. The van der Waals surface area contributed by atoms with E-state index in [1.807, 2.05) is 6.07 Å². The Balaban J connectivity index is 1.01. The van der Waals surface area contributed by atoms with E-state index < -0.39 is 56.9 Å². The number of carbonyl (C=O) groups excluding carboxylic acids is 1. The number of benzene rings is 4. The van der Waals surface area contributed by atoms with Gasteiger partial charge >= 0.3 is 12.4 Å². The Morgan fingerprint density at radius 1 is 0.634 bits per heavy atom. The highest BCUT2D eigenvalue weighted by Crippen LogP contribution is 2.35. The van der Waals surface area contributed by atoms with Gasteiger partial charge in [-0.05, 0) is 124 Å². The van der Waals surface area contributed by atoms with Gasteiger partial charge in [-0.25, -0.2) is 4.21 Å². The largest absolute Gasteiger partial charge is 0.416 e. The van der Waals surface area contributed by atoms with Crippen molar-refractivity contribution in [3.63, 3.8) is 0 Å². The molecule has 0 radical (unpaired) electrons. The van der Waals surface area contributed by atoms with Gasteiger partial charge in [-0.15, -0.1) is 0 Å². The monoisotopic (exact) mass is 1010 g/mol. The minimum absolute atomic E-state index is 0.0377. The highest BCUT2D eigenvalue weighted by molar-refractivity contribution is 7.99. The van der Waals surface area contributed by atoms with Crippen molar-refractivity contribution in [1.29, 1.82) is 10.5 Å². The molecule has 0 fully saturated rings. The predicted octanol–water partition coefficient (Wildman–Crippen LogP) is 11.8. The number of amides is 1. The third-order valence-electron chi connectivity index (χ3n) is 11.6. The first-order valence-electron chi connectivity index (χ1n) is 22.5. The number of alkyl halides is 6. The van der Waals surface area contributed by atoms with E-state index in [0.29, 0.717) is 40.4 Å². The van der Waals surface area contributed by atoms with Crippen molar-refractivity contribution < 1.29 is 35.3 Å². The standard InChI is InChI=1S/C53H48F6N6O4S2/c1-34(45-30-47(70-43-22-18-37(32-60)19-23-43)35(2)64(50(45)67)41-16-12-14-39(28-41)52(54,55)56)62-26-10-8-6-4-5-7-9-11-27-63-49(66)46-31-48(71(69)44-24-20-38(33-61)21-25-44)36(3)65(51(46)68)42-17-13-15-40(29-42)53(57,58)59/h12-25,28-31,62H,1,4-11,26-27H2,2-3H3,(H,63,66). The number of nitriles is 2. The maximum Gasteiger partial charge on any atom is 0.416 e. The number of carbonyl (C=O) groups is 1. The molecule has 0 aliphatic carbocycles. The summed E-state index contributed by atoms with van der Waals surface area (Å²) in [5, 5.41) is 24.4. The molecular formula is C53H48F6N6O4S2. The van der Waals surface area contributed by atoms with Crippen molar-refractivity contribution in [2.24, 2.45) is 0 Å². The second kappa shape index (κ2) is 23.6. The van der Waals surface area contributed by atoms with Gasteiger partial charge in [-0.1, -0.05) is 69.0 Å². The Morgan fingerprint density at radius 3 is 1.61 bits per heavy atom. The van der Waals surface area contributed by atoms with Crippen molar-refractivity contribution in [1.82, 2.24) is 19.8 Å². The molecular weight excluding hydrogens is 963 g/mol. The summed E-state index contributed by atoms with van der Waals surface area (Å²) in [6.45, 7) is 7.91. The number of unbranched alkanes of at least 4 members (excludes halogenated alkanes) is 7. The predicted molar refractivity (Wildman–Crippen MR) is 261 cm³/mol. The van der Waals surface area contributed by atoms with Crippen LogP contribution in [0.4, 0.5) is 26.3 Å². The summed E-state index contributed by atoms with van der Waals surface area (Å²) in [6, 6.07) is 28.3. The molecule has 18 heteroatoms. The fraction of sp³-hybridized carbons (Fsp3) is 0.264. The lowest BCUT2D eigenvalue weighted by Crippen LogP contribution is -2.34. The lowest BCUT2D eigenvalue weighted by molar-refractivity contribution is -0.138. The summed E-state index contributed by atoms with van der Waals surface area (Å²) in [4.78, 5) is 42.9. The number of halogens is 6. The summed E-state index contributed by atoms with van der Waals surface area (Å²) >= 11 is 1.31. The smallest absolute Gasteiger partial charge is 0.385 e. The van der Waals surface area contributed by atoms with Crippen LogP contribution in [0, 0.1) is 36.5 Å². The summed E-state index contributed by atoms with van der Waals surface area (Å²) < 4.78 is 98.2. The SMILES string of the molecule is C=C(NCCCCCCCCCCNC(=O)c1cc(S(=O)c2ccc(C#N)cc2)c(C)n(-c2cccc(C(F)(F)F)c2)c1=O)c1cc(Sc2ccc(C#N)cc2)c(C)n(-c2cccc(C(F)(F)F)c2)c1=O. The molecule has 2 aromatic heterocycles. The second-order valence-corrected chi connectivity index (χ2v) is 19.1. The van der Waals surface area contributed by atoms with Crippen LogP contribution in [0.1, 0.15) is 101 Å². The van der Waals surface area contributed by atoms with E-state index in [1.54, 1.807) is 37.3 Å². The first-order chi connectivity index (χ1) is 33.8. The molecule has 4 aromatic carbocycles. The fourth-order valence-corrected chi connectivity index (χ4v) is 9.91. The van der Waals surface area contributed by atoms with Gasteiger partial charge in [0.2, 0.25) is 0 Å². The third-order valence-corrected chi connectivity index (χ3v) is 14.2. The van der Waals surface area contributed by atoms with E-state index in [4.69, 9.17) is 0 Å². The van der Waals surface area contributed by atoms with E-state index in [1.165, 1.54) is 71.8 Å². The van der Waals surface area contributed by atoms with E-state index in [9.17, 15) is 55.5 Å². The van der Waals surface area contributed by atoms with Crippen molar-refractivity contribution in [2.75, 3.05) is 13.1 Å². The molecule has 1 amide bonds. The van der Waals surface area contributed by atoms with Crippen LogP contribution in [0.2, 0.25) is 0 Å². The minimum Gasteiger partial charge on any atom is -0.385 e. The van der Waals surface area contributed by atoms with Crippen LogP contribution >= 0.6 is 11.8 Å². The number of hydrogen-bond donors (Lipinski definition) is 2. The zero-order chi connectivity index (χ0) is 51.5. The van der Waals surface area contributed by atoms with Crippen molar-refractivity contribution in [3.05, 3.63) is 181 Å². The fourth-order valence-electron chi connectivity index (χ4n) is 7.74. The molecule has 6 rings (SSSR count). The van der Waals surface area contributed by atoms with Gasteiger partial charge in [0, 0.05) is 56.2 Å². The summed E-state index contributed by atoms with van der Waals surface area (Å²) in [5.41, 5.74) is -1.97. The van der Waals surface area contributed by atoms with E-state index in [-0.39, 0.29) is 39.0 Å². The van der Waals surface area contributed by atoms with Crippen LogP contribution in [0.25, 0.3) is 17.1 Å². The van der Waals surface area contributed by atoms with Crippen LogP contribution in [0.3, 0.4) is 0 Å². The molecule has 368 valence electrons. The minimum atomic E-state index is -4.71. The van der Waals surface area contributed by atoms with Gasteiger partial charge < -0.3 is 10.6 Å². The van der Waals surface area contributed by atoms with Crippen LogP contribution in [-0.4, -0.2) is 32.3 Å². The molecule has 2 heterocycles. The second-order valence-electron chi connectivity index (χ2n) is 16.5. The highest BCUT2D eigenvalue weighted by atomic mass is 32.2. The van der Waals surface area contributed by atoms with E-state index >= 15 is 0 Å². The molecule has 0 saturated carbocycles. The maximum absolute atomic E-state index is 14.0. The number of hydrogen-bond acceptors (Lipinski definition) is 8. The quantitative estimate of drug-likeness (QED) is 0.0567. The summed E-state index contributed by atoms with van der Waals surface area (Å²) in [7, 11) is -1.98.